The molecule has 2 heterocycles. The third-order valence-electron chi connectivity index (χ3n) is 3.99. The van der Waals surface area contributed by atoms with Gasteiger partial charge in [0.15, 0.2) is 0 Å². The van der Waals surface area contributed by atoms with E-state index in [0.717, 1.165) is 10.9 Å². The Kier molecular flexibility index (Phi) is 5.58. The lowest BCUT2D eigenvalue weighted by atomic mass is 10.2. The van der Waals surface area contributed by atoms with Crippen LogP contribution in [0.25, 0.3) is 10.9 Å². The van der Waals surface area contributed by atoms with Crippen LogP contribution < -0.4 is 10.6 Å². The van der Waals surface area contributed by atoms with Crippen LogP contribution in [-0.2, 0) is 11.3 Å². The molecule has 7 heteroatoms. The molecule has 0 spiro atoms. The van der Waals surface area contributed by atoms with Crippen LogP contribution in [0.4, 0.5) is 4.39 Å². The minimum absolute atomic E-state index is 0.124. The number of aromatic nitrogens is 2. The van der Waals surface area contributed by atoms with Crippen LogP contribution in [0.1, 0.15) is 16.8 Å². The minimum Gasteiger partial charge on any atom is -0.354 e. The van der Waals surface area contributed by atoms with Gasteiger partial charge in [-0.1, -0.05) is 0 Å². The molecule has 6 nitrogen and oxygen atoms in total. The molecule has 1 aromatic carbocycles. The maximum absolute atomic E-state index is 13.4. The zero-order chi connectivity index (χ0) is 18.4. The molecule has 0 saturated carbocycles. The van der Waals surface area contributed by atoms with Crippen LogP contribution in [-0.4, -0.2) is 34.5 Å². The number of nitrogens with zero attached hydrogens (tertiary/aromatic N) is 2. The Morgan fingerprint density at radius 2 is 1.81 bits per heavy atom. The van der Waals surface area contributed by atoms with E-state index in [1.807, 2.05) is 16.8 Å². The lowest BCUT2D eigenvalue weighted by Gasteiger charge is -2.08. The average molecular weight is 354 g/mol. The Morgan fingerprint density at radius 1 is 1.04 bits per heavy atom. The molecule has 0 aliphatic heterocycles. The highest BCUT2D eigenvalue weighted by atomic mass is 19.1. The van der Waals surface area contributed by atoms with Crippen molar-refractivity contribution in [2.45, 2.75) is 13.0 Å². The quantitative estimate of drug-likeness (QED) is 0.638. The van der Waals surface area contributed by atoms with Crippen molar-refractivity contribution in [3.05, 3.63) is 66.4 Å². The second kappa shape index (κ2) is 8.24. The van der Waals surface area contributed by atoms with E-state index in [2.05, 4.69) is 15.6 Å². The van der Waals surface area contributed by atoms with Crippen LogP contribution in [0.15, 0.2) is 55.0 Å². The Bertz CT molecular complexity index is 908. The highest BCUT2D eigenvalue weighted by Crippen LogP contribution is 2.17. The number of hydrogen-bond donors (Lipinski definition) is 2. The van der Waals surface area contributed by atoms with Gasteiger partial charge in [0, 0.05) is 50.2 Å². The lowest BCUT2D eigenvalue weighted by Crippen LogP contribution is -2.34. The fourth-order valence-electron chi connectivity index (χ4n) is 2.65. The van der Waals surface area contributed by atoms with Gasteiger partial charge in [-0.3, -0.25) is 14.6 Å². The number of hydrogen-bond acceptors (Lipinski definition) is 3. The molecule has 134 valence electrons. The van der Waals surface area contributed by atoms with E-state index in [1.165, 1.54) is 12.1 Å². The van der Waals surface area contributed by atoms with E-state index in [0.29, 0.717) is 25.2 Å². The number of benzene rings is 1. The molecule has 3 aromatic rings. The third kappa shape index (κ3) is 4.44. The summed E-state index contributed by atoms with van der Waals surface area (Å²) in [6.07, 6.45) is 5.21. The number of carbonyl (C=O) groups is 2. The smallest absolute Gasteiger partial charge is 0.251 e. The van der Waals surface area contributed by atoms with E-state index < -0.39 is 0 Å². The number of rotatable bonds is 7. The summed E-state index contributed by atoms with van der Waals surface area (Å²) in [5, 5.41) is 6.42. The molecule has 0 saturated heterocycles. The number of halogens is 1. The molecule has 0 atom stereocenters. The largest absolute Gasteiger partial charge is 0.354 e. The molecule has 26 heavy (non-hydrogen) atoms. The van der Waals surface area contributed by atoms with Gasteiger partial charge < -0.3 is 15.2 Å². The van der Waals surface area contributed by atoms with Crippen molar-refractivity contribution in [3.63, 3.8) is 0 Å². The second-order valence-electron chi connectivity index (χ2n) is 5.80. The summed E-state index contributed by atoms with van der Waals surface area (Å²) in [5.41, 5.74) is 1.29. The molecule has 3 rings (SSSR count). The molecule has 0 aliphatic carbocycles. The van der Waals surface area contributed by atoms with Crippen molar-refractivity contribution in [2.24, 2.45) is 0 Å². The second-order valence-corrected chi connectivity index (χ2v) is 5.80. The first-order valence-corrected chi connectivity index (χ1v) is 8.33. The number of aryl methyl sites for hydroxylation is 1. The Morgan fingerprint density at radius 3 is 2.62 bits per heavy atom. The van der Waals surface area contributed by atoms with Crippen molar-refractivity contribution in [3.8, 4) is 0 Å². The molecule has 0 radical (unpaired) electrons. The van der Waals surface area contributed by atoms with Gasteiger partial charge >= 0.3 is 0 Å². The van der Waals surface area contributed by atoms with Crippen LogP contribution >= 0.6 is 0 Å². The first-order chi connectivity index (χ1) is 12.6. The van der Waals surface area contributed by atoms with Crippen LogP contribution in [0.3, 0.4) is 0 Å². The fraction of sp³-hybridized carbons (Fsp3) is 0.211. The highest BCUT2D eigenvalue weighted by molar-refractivity contribution is 5.94. The van der Waals surface area contributed by atoms with Gasteiger partial charge in [0.05, 0.1) is 5.52 Å². The molecular formula is C19H19FN4O2. The summed E-state index contributed by atoms with van der Waals surface area (Å²) in [6, 6.07) is 9.73. The predicted octanol–water partition coefficient (Wildman–Crippen LogP) is 2.11. The molecule has 2 amide bonds. The molecule has 0 aliphatic rings. The Hall–Kier alpha value is -3.22. The van der Waals surface area contributed by atoms with E-state index in [9.17, 15) is 14.0 Å². The fourth-order valence-corrected chi connectivity index (χ4v) is 2.65. The number of amides is 2. The number of fused-ring (bicyclic) bond motifs is 1. The topological polar surface area (TPSA) is 76.0 Å². The Labute approximate surface area is 150 Å². The average Bonchev–Trinajstić information content (AvgIpc) is 3.06. The van der Waals surface area contributed by atoms with E-state index in [4.69, 9.17) is 0 Å². The summed E-state index contributed by atoms with van der Waals surface area (Å²) in [5.74, 6) is -0.629. The molecule has 0 fully saturated rings. The van der Waals surface area contributed by atoms with Gasteiger partial charge in [-0.15, -0.1) is 0 Å². The standard InChI is InChI=1S/C19H19FN4O2/c20-16-2-1-14-5-11-24(17(14)13-16)12-6-18(25)22-9-10-23-19(26)15-3-7-21-8-4-15/h1-5,7-8,11,13H,6,9-10,12H2,(H,22,25)(H,23,26). The zero-order valence-corrected chi connectivity index (χ0v) is 14.1. The first kappa shape index (κ1) is 17.6. The summed E-state index contributed by atoms with van der Waals surface area (Å²) in [6.45, 7) is 1.14. The van der Waals surface area contributed by atoms with E-state index >= 15 is 0 Å². The van der Waals surface area contributed by atoms with Gasteiger partial charge in [0.25, 0.3) is 5.91 Å². The normalized spacial score (nSPS) is 10.7. The third-order valence-corrected chi connectivity index (χ3v) is 3.99. The van der Waals surface area contributed by atoms with Crippen LogP contribution in [0.2, 0.25) is 0 Å². The van der Waals surface area contributed by atoms with E-state index in [1.54, 1.807) is 30.6 Å². The maximum atomic E-state index is 13.4. The van der Waals surface area contributed by atoms with E-state index in [-0.39, 0.29) is 24.1 Å². The van der Waals surface area contributed by atoms with Crippen molar-refractivity contribution in [2.75, 3.05) is 13.1 Å². The number of pyridine rings is 1. The van der Waals surface area contributed by atoms with Crippen LogP contribution in [0.5, 0.6) is 0 Å². The summed E-state index contributed by atoms with van der Waals surface area (Å²) in [7, 11) is 0. The van der Waals surface area contributed by atoms with Crippen molar-refractivity contribution in [1.29, 1.82) is 0 Å². The van der Waals surface area contributed by atoms with Gasteiger partial charge in [-0.25, -0.2) is 4.39 Å². The lowest BCUT2D eigenvalue weighted by molar-refractivity contribution is -0.121. The van der Waals surface area contributed by atoms with Crippen LogP contribution in [0, 0.1) is 5.82 Å². The van der Waals surface area contributed by atoms with Crippen molar-refractivity contribution >= 4 is 22.7 Å². The molecule has 0 unspecified atom stereocenters. The molecular weight excluding hydrogens is 335 g/mol. The summed E-state index contributed by atoms with van der Waals surface area (Å²) >= 11 is 0. The van der Waals surface area contributed by atoms with Crippen molar-refractivity contribution in [1.82, 2.24) is 20.2 Å². The van der Waals surface area contributed by atoms with Gasteiger partial charge in [-0.05, 0) is 41.8 Å². The zero-order valence-electron chi connectivity index (χ0n) is 14.1. The first-order valence-electron chi connectivity index (χ1n) is 8.33. The maximum Gasteiger partial charge on any atom is 0.251 e. The van der Waals surface area contributed by atoms with Crippen molar-refractivity contribution < 1.29 is 14.0 Å². The van der Waals surface area contributed by atoms with Gasteiger partial charge in [0.2, 0.25) is 5.91 Å². The van der Waals surface area contributed by atoms with Gasteiger partial charge in [0.1, 0.15) is 5.82 Å². The highest BCUT2D eigenvalue weighted by Gasteiger charge is 2.07. The minimum atomic E-state index is -0.299. The summed E-state index contributed by atoms with van der Waals surface area (Å²) < 4.78 is 15.2. The van der Waals surface area contributed by atoms with Gasteiger partial charge in [-0.2, -0.15) is 0 Å². The Balaban J connectivity index is 1.40. The monoisotopic (exact) mass is 354 g/mol. The summed E-state index contributed by atoms with van der Waals surface area (Å²) in [4.78, 5) is 27.6. The number of carbonyl (C=O) groups excluding carboxylic acids is 2. The molecule has 2 N–H and O–H groups in total. The number of nitrogens with one attached hydrogen (secondary N) is 2. The predicted molar refractivity (Wildman–Crippen MR) is 96.1 cm³/mol. The molecule has 2 aromatic heterocycles. The molecule has 0 bridgehead atoms. The SMILES string of the molecule is O=C(CCn1ccc2ccc(F)cc21)NCCNC(=O)c1ccncc1.